The van der Waals surface area contributed by atoms with Gasteiger partial charge in [0.05, 0.1) is 11.6 Å². The van der Waals surface area contributed by atoms with Crippen LogP contribution in [-0.4, -0.2) is 11.8 Å². The van der Waals surface area contributed by atoms with E-state index in [1.54, 1.807) is 11.3 Å². The lowest BCUT2D eigenvalue weighted by molar-refractivity contribution is 0.0940. The lowest BCUT2D eigenvalue weighted by atomic mass is 9.88. The normalized spacial score (nSPS) is 16.3. The van der Waals surface area contributed by atoms with E-state index in [0.717, 1.165) is 36.0 Å². The molecule has 0 bridgehead atoms. The van der Waals surface area contributed by atoms with E-state index < -0.39 is 0 Å². The van der Waals surface area contributed by atoms with E-state index in [-0.39, 0.29) is 17.9 Å². The van der Waals surface area contributed by atoms with Crippen LogP contribution < -0.4 is 10.6 Å². The van der Waals surface area contributed by atoms with Gasteiger partial charge in [0.15, 0.2) is 0 Å². The Morgan fingerprint density at radius 2 is 1.74 bits per heavy atom. The summed E-state index contributed by atoms with van der Waals surface area (Å²) in [4.78, 5) is 27.6. The van der Waals surface area contributed by atoms with Gasteiger partial charge in [0.1, 0.15) is 5.00 Å². The third-order valence-corrected chi connectivity index (χ3v) is 7.17. The highest BCUT2D eigenvalue weighted by atomic mass is 32.1. The van der Waals surface area contributed by atoms with Crippen LogP contribution in [0.25, 0.3) is 0 Å². The van der Waals surface area contributed by atoms with Gasteiger partial charge in [-0.05, 0) is 61.8 Å². The van der Waals surface area contributed by atoms with Gasteiger partial charge in [-0.1, -0.05) is 55.5 Å². The van der Waals surface area contributed by atoms with Crippen molar-refractivity contribution in [1.29, 1.82) is 0 Å². The average Bonchev–Trinajstić information content (AvgIpc) is 3.11. The van der Waals surface area contributed by atoms with E-state index in [0.29, 0.717) is 22.0 Å². The summed E-state index contributed by atoms with van der Waals surface area (Å²) >= 11 is 1.55. The number of nitrogens with one attached hydrogen (secondary N) is 2. The highest BCUT2D eigenvalue weighted by Gasteiger charge is 2.29. The van der Waals surface area contributed by atoms with Crippen molar-refractivity contribution in [2.45, 2.75) is 46.1 Å². The molecule has 3 aromatic rings. The zero-order valence-electron chi connectivity index (χ0n) is 18.2. The number of hydrogen-bond acceptors (Lipinski definition) is 3. The summed E-state index contributed by atoms with van der Waals surface area (Å²) in [6.07, 6.45) is 2.88. The minimum absolute atomic E-state index is 0.119. The van der Waals surface area contributed by atoms with Crippen LogP contribution >= 0.6 is 11.3 Å². The van der Waals surface area contributed by atoms with Gasteiger partial charge in [0.25, 0.3) is 11.8 Å². The van der Waals surface area contributed by atoms with Gasteiger partial charge in [-0.3, -0.25) is 9.59 Å². The molecule has 4 nitrogen and oxygen atoms in total. The molecule has 2 aromatic carbocycles. The maximum Gasteiger partial charge on any atom is 0.256 e. The van der Waals surface area contributed by atoms with Gasteiger partial charge in [0, 0.05) is 10.4 Å². The molecule has 2 amide bonds. The molecular weight excluding hydrogens is 404 g/mol. The molecule has 0 saturated heterocycles. The number of rotatable bonds is 5. The molecule has 0 saturated carbocycles. The number of benzene rings is 2. The van der Waals surface area contributed by atoms with Crippen LogP contribution in [0.3, 0.4) is 0 Å². The van der Waals surface area contributed by atoms with E-state index in [1.807, 2.05) is 68.4 Å². The van der Waals surface area contributed by atoms with E-state index in [2.05, 4.69) is 17.6 Å². The van der Waals surface area contributed by atoms with Crippen LogP contribution in [0.4, 0.5) is 5.00 Å². The van der Waals surface area contributed by atoms with Crippen molar-refractivity contribution < 1.29 is 9.59 Å². The molecule has 2 atom stereocenters. The minimum Gasteiger partial charge on any atom is -0.345 e. The number of carbonyl (C=O) groups excluding carboxylic acids is 2. The number of carbonyl (C=O) groups is 2. The Hall–Kier alpha value is -2.92. The predicted molar refractivity (Wildman–Crippen MR) is 127 cm³/mol. The molecule has 0 radical (unpaired) electrons. The summed E-state index contributed by atoms with van der Waals surface area (Å²) in [7, 11) is 0. The van der Waals surface area contributed by atoms with Crippen LogP contribution in [0.15, 0.2) is 54.6 Å². The van der Waals surface area contributed by atoms with Gasteiger partial charge in [-0.15, -0.1) is 11.3 Å². The lowest BCUT2D eigenvalue weighted by Crippen LogP contribution is -2.28. The topological polar surface area (TPSA) is 58.2 Å². The maximum absolute atomic E-state index is 13.4. The SMILES string of the molecule is Cc1ccccc1C(=O)Nc1sc2c(c1C(=O)N[C@@H](C)c1ccccc1)CC[C@H](C)C2. The van der Waals surface area contributed by atoms with Crippen LogP contribution in [0.2, 0.25) is 0 Å². The first kappa shape index (κ1) is 21.3. The Balaban J connectivity index is 1.65. The molecule has 5 heteroatoms. The van der Waals surface area contributed by atoms with E-state index in [9.17, 15) is 9.59 Å². The number of aryl methyl sites for hydroxylation is 1. The second kappa shape index (κ2) is 9.06. The van der Waals surface area contributed by atoms with Crippen molar-refractivity contribution in [3.63, 3.8) is 0 Å². The Bertz CT molecular complexity index is 1100. The zero-order chi connectivity index (χ0) is 22.0. The van der Waals surface area contributed by atoms with Crippen LogP contribution in [0, 0.1) is 12.8 Å². The molecule has 1 heterocycles. The molecular formula is C26H28N2O2S. The van der Waals surface area contributed by atoms with Crippen LogP contribution in [0.1, 0.15) is 68.6 Å². The zero-order valence-corrected chi connectivity index (χ0v) is 19.0. The van der Waals surface area contributed by atoms with E-state index in [1.165, 1.54) is 4.88 Å². The smallest absolute Gasteiger partial charge is 0.256 e. The third kappa shape index (κ3) is 4.57. The summed E-state index contributed by atoms with van der Waals surface area (Å²) in [5.74, 6) is 0.295. The molecule has 0 aliphatic heterocycles. The molecule has 31 heavy (non-hydrogen) atoms. The van der Waals surface area contributed by atoms with Crippen LogP contribution in [0.5, 0.6) is 0 Å². The molecule has 0 spiro atoms. The maximum atomic E-state index is 13.4. The van der Waals surface area contributed by atoms with E-state index >= 15 is 0 Å². The highest BCUT2D eigenvalue weighted by Crippen LogP contribution is 2.40. The lowest BCUT2D eigenvalue weighted by Gasteiger charge is -2.20. The number of fused-ring (bicyclic) bond motifs is 1. The first-order valence-electron chi connectivity index (χ1n) is 10.8. The Morgan fingerprint density at radius 1 is 1.03 bits per heavy atom. The molecule has 4 rings (SSSR count). The van der Waals surface area contributed by atoms with Gasteiger partial charge in [-0.25, -0.2) is 0 Å². The van der Waals surface area contributed by atoms with Crippen molar-refractivity contribution in [1.82, 2.24) is 5.32 Å². The average molecular weight is 433 g/mol. The van der Waals surface area contributed by atoms with Crippen molar-refractivity contribution in [3.8, 4) is 0 Å². The molecule has 0 fully saturated rings. The molecule has 2 N–H and O–H groups in total. The fourth-order valence-electron chi connectivity index (χ4n) is 4.17. The van der Waals surface area contributed by atoms with Crippen molar-refractivity contribution in [3.05, 3.63) is 87.3 Å². The monoisotopic (exact) mass is 432 g/mol. The molecule has 1 aliphatic carbocycles. The van der Waals surface area contributed by atoms with Crippen LogP contribution in [-0.2, 0) is 12.8 Å². The summed E-state index contributed by atoms with van der Waals surface area (Å²) in [6.45, 7) is 6.15. The summed E-state index contributed by atoms with van der Waals surface area (Å²) in [5.41, 5.74) is 4.33. The highest BCUT2D eigenvalue weighted by molar-refractivity contribution is 7.17. The quantitative estimate of drug-likeness (QED) is 0.525. The molecule has 1 aromatic heterocycles. The first-order chi connectivity index (χ1) is 14.9. The van der Waals surface area contributed by atoms with Crippen molar-refractivity contribution >= 4 is 28.2 Å². The number of hydrogen-bond donors (Lipinski definition) is 2. The van der Waals surface area contributed by atoms with Gasteiger partial charge in [0.2, 0.25) is 0 Å². The fourth-order valence-corrected chi connectivity index (χ4v) is 5.57. The first-order valence-corrected chi connectivity index (χ1v) is 11.6. The second-order valence-electron chi connectivity index (χ2n) is 8.43. The Labute approximate surface area is 187 Å². The number of anilines is 1. The van der Waals surface area contributed by atoms with Gasteiger partial charge >= 0.3 is 0 Å². The molecule has 0 unspecified atom stereocenters. The van der Waals surface area contributed by atoms with Crippen molar-refractivity contribution in [2.75, 3.05) is 5.32 Å². The Morgan fingerprint density at radius 3 is 2.48 bits per heavy atom. The number of amides is 2. The summed E-state index contributed by atoms with van der Waals surface area (Å²) < 4.78 is 0. The largest absolute Gasteiger partial charge is 0.345 e. The van der Waals surface area contributed by atoms with Crippen molar-refractivity contribution in [2.24, 2.45) is 5.92 Å². The summed E-state index contributed by atoms with van der Waals surface area (Å²) in [6, 6.07) is 17.3. The Kier molecular flexibility index (Phi) is 6.23. The standard InChI is InChI=1S/C26H28N2O2S/c1-16-13-14-21-22(15-16)31-26(28-24(29)20-12-8-7-9-17(20)2)23(21)25(30)27-18(3)19-10-5-4-6-11-19/h4-12,16,18H,13-15H2,1-3H3,(H,27,30)(H,28,29)/t16-,18-/m0/s1. The predicted octanol–water partition coefficient (Wildman–Crippen LogP) is 5.92. The number of thiophene rings is 1. The third-order valence-electron chi connectivity index (χ3n) is 6.00. The minimum atomic E-state index is -0.171. The molecule has 1 aliphatic rings. The molecule has 160 valence electrons. The summed E-state index contributed by atoms with van der Waals surface area (Å²) in [5, 5.41) is 6.85. The van der Waals surface area contributed by atoms with Gasteiger partial charge < -0.3 is 10.6 Å². The second-order valence-corrected chi connectivity index (χ2v) is 9.54. The fraction of sp³-hybridized carbons (Fsp3) is 0.308. The van der Waals surface area contributed by atoms with Gasteiger partial charge in [-0.2, -0.15) is 0 Å². The van der Waals surface area contributed by atoms with E-state index in [4.69, 9.17) is 0 Å².